The molecule has 0 amide bonds. The predicted molar refractivity (Wildman–Crippen MR) is 63.8 cm³/mol. The topological polar surface area (TPSA) is 64.5 Å². The maximum atomic E-state index is 9.54. The van der Waals surface area contributed by atoms with E-state index in [-0.39, 0.29) is 19.0 Å². The van der Waals surface area contributed by atoms with Crippen LogP contribution < -0.4 is 31.9 Å². The standard InChI is InChI=1S/C12H19NO4.ClH/c1-13-7-9(14)8-17-12-5-10(15-2)4-11(6-12)16-3;/h4-6,9,13-14H,7-8H2,1-3H3;1H. The molecular formula is C12H20ClNO4. The fourth-order valence-electron chi connectivity index (χ4n) is 1.40. The molecule has 0 aromatic heterocycles. The number of methoxy groups -OCH3 is 2. The van der Waals surface area contributed by atoms with Gasteiger partial charge in [0.25, 0.3) is 0 Å². The highest BCUT2D eigenvalue weighted by atomic mass is 35.5. The van der Waals surface area contributed by atoms with Crippen LogP contribution in [0.25, 0.3) is 0 Å². The molecular weight excluding hydrogens is 258 g/mol. The van der Waals surface area contributed by atoms with Crippen LogP contribution in [0.1, 0.15) is 0 Å². The van der Waals surface area contributed by atoms with E-state index in [9.17, 15) is 5.11 Å². The number of hydrogen-bond donors (Lipinski definition) is 2. The van der Waals surface area contributed by atoms with Crippen molar-refractivity contribution in [2.75, 3.05) is 34.4 Å². The monoisotopic (exact) mass is 277 g/mol. The first-order valence-corrected chi connectivity index (χ1v) is 5.51. The van der Waals surface area contributed by atoms with Gasteiger partial charge in [-0.15, -0.1) is 0 Å². The Morgan fingerprint density at radius 1 is 1.11 bits per heavy atom. The lowest BCUT2D eigenvalue weighted by Gasteiger charge is -2.12. The Bertz CT molecular complexity index is 327. The minimum Gasteiger partial charge on any atom is -1.00 e. The molecule has 1 unspecified atom stereocenters. The van der Waals surface area contributed by atoms with E-state index < -0.39 is 6.10 Å². The van der Waals surface area contributed by atoms with E-state index in [1.165, 1.54) is 0 Å². The predicted octanol–water partition coefficient (Wildman–Crippen LogP) is -3.36. The first kappa shape index (κ1) is 16.8. The van der Waals surface area contributed by atoms with Crippen molar-refractivity contribution < 1.29 is 37.0 Å². The van der Waals surface area contributed by atoms with Crippen molar-refractivity contribution in [2.45, 2.75) is 6.10 Å². The number of rotatable bonds is 7. The van der Waals surface area contributed by atoms with Crippen molar-refractivity contribution in [3.8, 4) is 17.2 Å². The number of benzene rings is 1. The molecule has 0 radical (unpaired) electrons. The Hall–Kier alpha value is -1.17. The fourth-order valence-corrected chi connectivity index (χ4v) is 1.40. The van der Waals surface area contributed by atoms with Gasteiger partial charge >= 0.3 is 0 Å². The highest BCUT2D eigenvalue weighted by molar-refractivity contribution is 5.41. The number of halogens is 1. The highest BCUT2D eigenvalue weighted by Crippen LogP contribution is 2.27. The number of likely N-dealkylation sites (N-methyl/N-ethyl adjacent to an activating group) is 1. The van der Waals surface area contributed by atoms with Gasteiger partial charge in [-0.2, -0.15) is 0 Å². The third-order valence-electron chi connectivity index (χ3n) is 2.28. The van der Waals surface area contributed by atoms with Gasteiger partial charge in [0.2, 0.25) is 0 Å². The molecule has 3 N–H and O–H groups in total. The second kappa shape index (κ2) is 8.85. The molecule has 0 bridgehead atoms. The van der Waals surface area contributed by atoms with Crippen LogP contribution in [0.5, 0.6) is 17.2 Å². The van der Waals surface area contributed by atoms with Crippen LogP contribution >= 0.6 is 0 Å². The van der Waals surface area contributed by atoms with Crippen LogP contribution in [0.4, 0.5) is 0 Å². The van der Waals surface area contributed by atoms with Gasteiger partial charge in [-0.25, -0.2) is 0 Å². The second-order valence-electron chi connectivity index (χ2n) is 3.66. The smallest absolute Gasteiger partial charge is 0.137 e. The quantitative estimate of drug-likeness (QED) is 0.547. The molecule has 0 fully saturated rings. The van der Waals surface area contributed by atoms with Crippen LogP contribution in [0, 0.1) is 0 Å². The van der Waals surface area contributed by atoms with Crippen molar-refractivity contribution in [1.29, 1.82) is 0 Å². The van der Waals surface area contributed by atoms with Crippen molar-refractivity contribution in [3.63, 3.8) is 0 Å². The molecule has 0 spiro atoms. The maximum absolute atomic E-state index is 9.54. The lowest BCUT2D eigenvalue weighted by Crippen LogP contribution is -3.00. The molecule has 0 aliphatic rings. The summed E-state index contributed by atoms with van der Waals surface area (Å²) in [4.78, 5) is 0. The summed E-state index contributed by atoms with van der Waals surface area (Å²) in [5.41, 5.74) is 0. The van der Waals surface area contributed by atoms with Crippen LogP contribution in [-0.2, 0) is 0 Å². The van der Waals surface area contributed by atoms with E-state index in [0.29, 0.717) is 23.8 Å². The zero-order valence-corrected chi connectivity index (χ0v) is 11.6. The minimum atomic E-state index is -0.489. The molecule has 1 atom stereocenters. The van der Waals surface area contributed by atoms with Gasteiger partial charge in [0.1, 0.15) is 36.5 Å². The Morgan fingerprint density at radius 3 is 2.06 bits per heavy atom. The zero-order chi connectivity index (χ0) is 12.7. The van der Waals surface area contributed by atoms with Gasteiger partial charge in [-0.05, 0) is 0 Å². The van der Waals surface area contributed by atoms with Gasteiger partial charge in [-0.3, -0.25) is 0 Å². The summed E-state index contributed by atoms with van der Waals surface area (Å²) in [6, 6.07) is 5.28. The van der Waals surface area contributed by atoms with E-state index in [1.807, 2.05) is 12.4 Å². The summed E-state index contributed by atoms with van der Waals surface area (Å²) in [7, 11) is 5.07. The maximum Gasteiger partial charge on any atom is 0.137 e. The normalized spacial score (nSPS) is 11.3. The van der Waals surface area contributed by atoms with E-state index in [0.717, 1.165) is 0 Å². The number of hydrogen-bond acceptors (Lipinski definition) is 4. The molecule has 1 rings (SSSR count). The lowest BCUT2D eigenvalue weighted by atomic mass is 10.3. The SMILES string of the molecule is C[NH2+]CC(O)COc1cc(OC)cc(OC)c1.[Cl-]. The summed E-state index contributed by atoms with van der Waals surface area (Å²) in [6.07, 6.45) is -0.489. The van der Waals surface area contributed by atoms with E-state index in [1.54, 1.807) is 32.4 Å². The molecule has 6 heteroatoms. The van der Waals surface area contributed by atoms with Crippen molar-refractivity contribution >= 4 is 0 Å². The molecule has 104 valence electrons. The summed E-state index contributed by atoms with van der Waals surface area (Å²) >= 11 is 0. The highest BCUT2D eigenvalue weighted by Gasteiger charge is 2.08. The average molecular weight is 278 g/mol. The van der Waals surface area contributed by atoms with Gasteiger partial charge in [0, 0.05) is 18.2 Å². The molecule has 0 aliphatic carbocycles. The molecule has 0 heterocycles. The van der Waals surface area contributed by atoms with Gasteiger partial charge in [0.15, 0.2) is 0 Å². The number of quaternary nitrogens is 1. The number of nitrogens with two attached hydrogens (primary N) is 1. The zero-order valence-electron chi connectivity index (χ0n) is 10.9. The summed E-state index contributed by atoms with van der Waals surface area (Å²) < 4.78 is 15.7. The van der Waals surface area contributed by atoms with Gasteiger partial charge in [0.05, 0.1) is 21.3 Å². The van der Waals surface area contributed by atoms with E-state index in [2.05, 4.69) is 0 Å². The number of aliphatic hydroxyl groups is 1. The number of ether oxygens (including phenoxy) is 3. The van der Waals surface area contributed by atoms with E-state index >= 15 is 0 Å². The first-order chi connectivity index (χ1) is 8.19. The summed E-state index contributed by atoms with van der Waals surface area (Å²) in [5.74, 6) is 1.95. The summed E-state index contributed by atoms with van der Waals surface area (Å²) in [6.45, 7) is 0.863. The summed E-state index contributed by atoms with van der Waals surface area (Å²) in [5, 5.41) is 11.4. The van der Waals surface area contributed by atoms with Gasteiger partial charge < -0.3 is 37.0 Å². The lowest BCUT2D eigenvalue weighted by molar-refractivity contribution is -0.633. The fraction of sp³-hybridized carbons (Fsp3) is 0.500. The van der Waals surface area contributed by atoms with Crippen molar-refractivity contribution in [2.24, 2.45) is 0 Å². The minimum absolute atomic E-state index is 0. The average Bonchev–Trinajstić information content (AvgIpc) is 2.36. The molecule has 18 heavy (non-hydrogen) atoms. The Balaban J connectivity index is 0.00000289. The molecule has 1 aromatic rings. The third kappa shape index (κ3) is 5.44. The Kier molecular flexibility index (Phi) is 8.28. The van der Waals surface area contributed by atoms with Crippen LogP contribution in [0.15, 0.2) is 18.2 Å². The number of aliphatic hydroxyl groups excluding tert-OH is 1. The van der Waals surface area contributed by atoms with Crippen LogP contribution in [-0.4, -0.2) is 45.6 Å². The Labute approximate surface area is 113 Å². The second-order valence-corrected chi connectivity index (χ2v) is 3.66. The molecule has 0 aliphatic heterocycles. The molecule has 5 nitrogen and oxygen atoms in total. The largest absolute Gasteiger partial charge is 1.00 e. The van der Waals surface area contributed by atoms with Crippen LogP contribution in [0.3, 0.4) is 0 Å². The molecule has 0 saturated heterocycles. The van der Waals surface area contributed by atoms with Crippen molar-refractivity contribution in [3.05, 3.63) is 18.2 Å². The Morgan fingerprint density at radius 2 is 1.61 bits per heavy atom. The molecule has 0 saturated carbocycles. The van der Waals surface area contributed by atoms with Gasteiger partial charge in [-0.1, -0.05) is 0 Å². The third-order valence-corrected chi connectivity index (χ3v) is 2.28. The molecule has 1 aromatic carbocycles. The van der Waals surface area contributed by atoms with Crippen LogP contribution in [0.2, 0.25) is 0 Å². The van der Waals surface area contributed by atoms with E-state index in [4.69, 9.17) is 14.2 Å². The first-order valence-electron chi connectivity index (χ1n) is 5.51. The van der Waals surface area contributed by atoms with Crippen molar-refractivity contribution in [1.82, 2.24) is 0 Å².